The second-order valence-corrected chi connectivity index (χ2v) is 5.18. The summed E-state index contributed by atoms with van der Waals surface area (Å²) in [5, 5.41) is 12.5. The van der Waals surface area contributed by atoms with Gasteiger partial charge in [0.2, 0.25) is 0 Å². The molecule has 0 aliphatic rings. The van der Waals surface area contributed by atoms with Crippen molar-refractivity contribution in [3.8, 4) is 5.75 Å². The van der Waals surface area contributed by atoms with Gasteiger partial charge in [0.15, 0.2) is 0 Å². The summed E-state index contributed by atoms with van der Waals surface area (Å²) in [5.41, 5.74) is 1.29. The van der Waals surface area contributed by atoms with Gasteiger partial charge in [-0.05, 0) is 36.8 Å². The largest absolute Gasteiger partial charge is 0.507 e. The third-order valence-electron chi connectivity index (χ3n) is 2.87. The summed E-state index contributed by atoms with van der Waals surface area (Å²) in [5.74, 6) is -0.295. The van der Waals surface area contributed by atoms with Gasteiger partial charge in [-0.1, -0.05) is 40.2 Å². The Morgan fingerprint density at radius 1 is 1.16 bits per heavy atom. The van der Waals surface area contributed by atoms with E-state index in [2.05, 4.69) is 21.2 Å². The zero-order valence-electron chi connectivity index (χ0n) is 10.4. The Morgan fingerprint density at radius 2 is 1.79 bits per heavy atom. The normalized spacial score (nSPS) is 11.9. The fraction of sp³-hybridized carbons (Fsp3) is 0.133. The molecule has 0 bridgehead atoms. The minimum Gasteiger partial charge on any atom is -0.507 e. The molecule has 0 heterocycles. The number of para-hydroxylation sites is 1. The first-order valence-corrected chi connectivity index (χ1v) is 6.71. The molecule has 2 aromatic carbocycles. The van der Waals surface area contributed by atoms with Crippen molar-refractivity contribution in [1.29, 1.82) is 0 Å². The standard InChI is InChI=1S/C15H14BrNO2/c1-10(11-6-8-12(16)9-7-11)17-15(19)13-4-2-3-5-14(13)18/h2-10,18H,1H3,(H,17,19). The SMILES string of the molecule is CC(NC(=O)c1ccccc1O)c1ccc(Br)cc1. The maximum absolute atomic E-state index is 12.0. The predicted molar refractivity (Wildman–Crippen MR) is 78.1 cm³/mol. The van der Waals surface area contributed by atoms with E-state index in [1.165, 1.54) is 6.07 Å². The monoisotopic (exact) mass is 319 g/mol. The van der Waals surface area contributed by atoms with E-state index >= 15 is 0 Å². The Hall–Kier alpha value is -1.81. The summed E-state index contributed by atoms with van der Waals surface area (Å²) in [6.07, 6.45) is 0. The molecule has 1 unspecified atom stereocenters. The molecule has 4 heteroatoms. The Bertz CT molecular complexity index is 581. The highest BCUT2D eigenvalue weighted by atomic mass is 79.9. The number of carbonyl (C=O) groups excluding carboxylic acids is 1. The van der Waals surface area contributed by atoms with Crippen LogP contribution in [0, 0.1) is 0 Å². The van der Waals surface area contributed by atoms with Gasteiger partial charge in [-0.3, -0.25) is 4.79 Å². The molecule has 3 nitrogen and oxygen atoms in total. The predicted octanol–water partition coefficient (Wildman–Crippen LogP) is 3.65. The fourth-order valence-electron chi connectivity index (χ4n) is 1.77. The first kappa shape index (κ1) is 13.6. The quantitative estimate of drug-likeness (QED) is 0.907. The molecule has 1 amide bonds. The van der Waals surface area contributed by atoms with Gasteiger partial charge in [0.1, 0.15) is 5.75 Å². The van der Waals surface area contributed by atoms with Crippen LogP contribution in [0.15, 0.2) is 53.0 Å². The number of carbonyl (C=O) groups is 1. The summed E-state index contributed by atoms with van der Waals surface area (Å²) in [6, 6.07) is 14.1. The number of phenols is 1. The molecule has 0 saturated heterocycles. The number of nitrogens with one attached hydrogen (secondary N) is 1. The first-order valence-electron chi connectivity index (χ1n) is 5.92. The van der Waals surface area contributed by atoms with E-state index in [0.717, 1.165) is 10.0 Å². The Kier molecular flexibility index (Phi) is 4.22. The summed E-state index contributed by atoms with van der Waals surface area (Å²) < 4.78 is 0.996. The molecule has 0 spiro atoms. The molecule has 19 heavy (non-hydrogen) atoms. The third kappa shape index (κ3) is 3.35. The molecule has 2 N–H and O–H groups in total. The highest BCUT2D eigenvalue weighted by Crippen LogP contribution is 2.19. The minimum atomic E-state index is -0.284. The Balaban J connectivity index is 2.11. The molecule has 0 aliphatic carbocycles. The van der Waals surface area contributed by atoms with Gasteiger partial charge in [0.25, 0.3) is 5.91 Å². The van der Waals surface area contributed by atoms with E-state index in [9.17, 15) is 9.90 Å². The molecule has 0 aliphatic heterocycles. The van der Waals surface area contributed by atoms with Gasteiger partial charge in [-0.2, -0.15) is 0 Å². The number of hydrogen-bond acceptors (Lipinski definition) is 2. The van der Waals surface area contributed by atoms with Gasteiger partial charge in [-0.15, -0.1) is 0 Å². The van der Waals surface area contributed by atoms with E-state index in [4.69, 9.17) is 0 Å². The van der Waals surface area contributed by atoms with Gasteiger partial charge < -0.3 is 10.4 Å². The van der Waals surface area contributed by atoms with Crippen molar-refractivity contribution in [3.05, 3.63) is 64.1 Å². The maximum Gasteiger partial charge on any atom is 0.255 e. The second kappa shape index (κ2) is 5.89. The number of benzene rings is 2. The average Bonchev–Trinajstić information content (AvgIpc) is 2.39. The summed E-state index contributed by atoms with van der Waals surface area (Å²) >= 11 is 3.37. The van der Waals surface area contributed by atoms with Crippen LogP contribution < -0.4 is 5.32 Å². The van der Waals surface area contributed by atoms with Crippen molar-refractivity contribution >= 4 is 21.8 Å². The van der Waals surface area contributed by atoms with Crippen LogP contribution in [0.4, 0.5) is 0 Å². The molecule has 98 valence electrons. The van der Waals surface area contributed by atoms with Crippen LogP contribution in [-0.2, 0) is 0 Å². The van der Waals surface area contributed by atoms with Gasteiger partial charge in [0.05, 0.1) is 11.6 Å². The molecule has 0 radical (unpaired) electrons. The summed E-state index contributed by atoms with van der Waals surface area (Å²) in [4.78, 5) is 12.0. The number of hydrogen-bond donors (Lipinski definition) is 2. The van der Waals surface area contributed by atoms with Crippen molar-refractivity contribution in [3.63, 3.8) is 0 Å². The van der Waals surface area contributed by atoms with Crippen molar-refractivity contribution in [1.82, 2.24) is 5.32 Å². The first-order chi connectivity index (χ1) is 9.08. The molecule has 0 aromatic heterocycles. The highest BCUT2D eigenvalue weighted by Gasteiger charge is 2.13. The van der Waals surface area contributed by atoms with Gasteiger partial charge >= 0.3 is 0 Å². The molecular weight excluding hydrogens is 306 g/mol. The molecule has 2 rings (SSSR count). The fourth-order valence-corrected chi connectivity index (χ4v) is 2.04. The van der Waals surface area contributed by atoms with E-state index in [1.807, 2.05) is 31.2 Å². The van der Waals surface area contributed by atoms with Crippen LogP contribution in [0.1, 0.15) is 28.9 Å². The zero-order valence-corrected chi connectivity index (χ0v) is 12.0. The van der Waals surface area contributed by atoms with E-state index in [1.54, 1.807) is 18.2 Å². The summed E-state index contributed by atoms with van der Waals surface area (Å²) in [6.45, 7) is 1.90. The lowest BCUT2D eigenvalue weighted by Gasteiger charge is -2.15. The van der Waals surface area contributed by atoms with Crippen molar-refractivity contribution in [2.75, 3.05) is 0 Å². The van der Waals surface area contributed by atoms with E-state index in [-0.39, 0.29) is 23.3 Å². The number of aromatic hydroxyl groups is 1. The van der Waals surface area contributed by atoms with Gasteiger partial charge in [0, 0.05) is 4.47 Å². The molecular formula is C15H14BrNO2. The Labute approximate surface area is 120 Å². The molecule has 0 fully saturated rings. The van der Waals surface area contributed by atoms with Crippen LogP contribution in [0.2, 0.25) is 0 Å². The number of amides is 1. The second-order valence-electron chi connectivity index (χ2n) is 4.26. The van der Waals surface area contributed by atoms with Crippen molar-refractivity contribution < 1.29 is 9.90 Å². The number of phenolic OH excluding ortho intramolecular Hbond substituents is 1. The van der Waals surface area contributed by atoms with Crippen molar-refractivity contribution in [2.45, 2.75) is 13.0 Å². The summed E-state index contributed by atoms with van der Waals surface area (Å²) in [7, 11) is 0. The van der Waals surface area contributed by atoms with E-state index < -0.39 is 0 Å². The topological polar surface area (TPSA) is 49.3 Å². The highest BCUT2D eigenvalue weighted by molar-refractivity contribution is 9.10. The number of rotatable bonds is 3. The minimum absolute atomic E-state index is 0.0111. The van der Waals surface area contributed by atoms with Crippen molar-refractivity contribution in [2.24, 2.45) is 0 Å². The lowest BCUT2D eigenvalue weighted by Crippen LogP contribution is -2.26. The third-order valence-corrected chi connectivity index (χ3v) is 3.39. The lowest BCUT2D eigenvalue weighted by molar-refractivity contribution is 0.0937. The van der Waals surface area contributed by atoms with Crippen LogP contribution in [-0.4, -0.2) is 11.0 Å². The lowest BCUT2D eigenvalue weighted by atomic mass is 10.1. The zero-order chi connectivity index (χ0) is 13.8. The van der Waals surface area contributed by atoms with Gasteiger partial charge in [-0.25, -0.2) is 0 Å². The van der Waals surface area contributed by atoms with Crippen LogP contribution in [0.25, 0.3) is 0 Å². The smallest absolute Gasteiger partial charge is 0.255 e. The molecule has 0 saturated carbocycles. The molecule has 1 atom stereocenters. The van der Waals surface area contributed by atoms with Crippen LogP contribution >= 0.6 is 15.9 Å². The van der Waals surface area contributed by atoms with Crippen LogP contribution in [0.3, 0.4) is 0 Å². The maximum atomic E-state index is 12.0. The Morgan fingerprint density at radius 3 is 2.42 bits per heavy atom. The molecule has 2 aromatic rings. The average molecular weight is 320 g/mol. The number of halogens is 1. The van der Waals surface area contributed by atoms with Crippen LogP contribution in [0.5, 0.6) is 5.75 Å². The van der Waals surface area contributed by atoms with E-state index in [0.29, 0.717) is 0 Å².